The van der Waals surface area contributed by atoms with Crippen molar-refractivity contribution < 1.29 is 9.21 Å². The number of nitriles is 1. The van der Waals surface area contributed by atoms with Crippen LogP contribution in [0.3, 0.4) is 0 Å². The van der Waals surface area contributed by atoms with Crippen molar-refractivity contribution >= 4 is 16.9 Å². The number of nitrogens with zero attached hydrogens (tertiary/aromatic N) is 1. The standard InChI is InChI=1S/C15H16N2O2/c1-3-12(6-7-16)17-15(18)14-9-11-8-10(2)4-5-13(11)19-14/h4-5,8-9,12H,3,6H2,1-2H3,(H,17,18). The molecule has 19 heavy (non-hydrogen) atoms. The molecule has 1 N–H and O–H groups in total. The highest BCUT2D eigenvalue weighted by atomic mass is 16.3. The smallest absolute Gasteiger partial charge is 0.287 e. The van der Waals surface area contributed by atoms with Crippen LogP contribution in [0.5, 0.6) is 0 Å². The lowest BCUT2D eigenvalue weighted by Gasteiger charge is -2.11. The number of nitrogens with one attached hydrogen (secondary N) is 1. The summed E-state index contributed by atoms with van der Waals surface area (Å²) in [5.74, 6) is 0.0212. The Labute approximate surface area is 112 Å². The molecule has 1 amide bonds. The van der Waals surface area contributed by atoms with E-state index >= 15 is 0 Å². The number of aryl methyl sites for hydroxylation is 1. The Morgan fingerprint density at radius 1 is 1.47 bits per heavy atom. The van der Waals surface area contributed by atoms with Gasteiger partial charge in [-0.2, -0.15) is 5.26 Å². The summed E-state index contributed by atoms with van der Waals surface area (Å²) in [5, 5.41) is 12.4. The number of carbonyl (C=O) groups is 1. The molecule has 1 aromatic heterocycles. The second kappa shape index (κ2) is 5.57. The topological polar surface area (TPSA) is 66.0 Å². The fraction of sp³-hybridized carbons (Fsp3) is 0.333. The van der Waals surface area contributed by atoms with Crippen LogP contribution in [-0.2, 0) is 0 Å². The van der Waals surface area contributed by atoms with Crippen LogP contribution in [0.25, 0.3) is 11.0 Å². The van der Waals surface area contributed by atoms with Gasteiger partial charge in [0.25, 0.3) is 5.91 Å². The first-order valence-corrected chi connectivity index (χ1v) is 6.32. The predicted octanol–water partition coefficient (Wildman–Crippen LogP) is 3.16. The molecule has 1 atom stereocenters. The second-order valence-electron chi connectivity index (χ2n) is 4.59. The average molecular weight is 256 g/mol. The van der Waals surface area contributed by atoms with E-state index in [4.69, 9.17) is 9.68 Å². The van der Waals surface area contributed by atoms with Crippen molar-refractivity contribution in [1.82, 2.24) is 5.32 Å². The van der Waals surface area contributed by atoms with Crippen LogP contribution in [-0.4, -0.2) is 11.9 Å². The molecule has 0 saturated heterocycles. The van der Waals surface area contributed by atoms with Gasteiger partial charge in [-0.3, -0.25) is 4.79 Å². The highest BCUT2D eigenvalue weighted by molar-refractivity contribution is 5.96. The summed E-state index contributed by atoms with van der Waals surface area (Å²) >= 11 is 0. The molecule has 4 heteroatoms. The first kappa shape index (κ1) is 13.2. The van der Waals surface area contributed by atoms with Crippen molar-refractivity contribution in [2.75, 3.05) is 0 Å². The molecular weight excluding hydrogens is 240 g/mol. The molecule has 0 fully saturated rings. The predicted molar refractivity (Wildman–Crippen MR) is 72.7 cm³/mol. The van der Waals surface area contributed by atoms with Gasteiger partial charge in [0.05, 0.1) is 12.5 Å². The van der Waals surface area contributed by atoms with Crippen LogP contribution in [0.4, 0.5) is 0 Å². The minimum atomic E-state index is -0.268. The zero-order valence-corrected chi connectivity index (χ0v) is 11.1. The highest BCUT2D eigenvalue weighted by Gasteiger charge is 2.16. The summed E-state index contributed by atoms with van der Waals surface area (Å²) < 4.78 is 5.51. The Bertz CT molecular complexity index is 637. The van der Waals surface area contributed by atoms with Crippen LogP contribution >= 0.6 is 0 Å². The van der Waals surface area contributed by atoms with Gasteiger partial charge in [-0.1, -0.05) is 18.6 Å². The van der Waals surface area contributed by atoms with Crippen molar-refractivity contribution in [3.63, 3.8) is 0 Å². The fourth-order valence-corrected chi connectivity index (χ4v) is 1.94. The highest BCUT2D eigenvalue weighted by Crippen LogP contribution is 2.20. The largest absolute Gasteiger partial charge is 0.451 e. The van der Waals surface area contributed by atoms with Gasteiger partial charge in [-0.05, 0) is 31.5 Å². The molecule has 0 aliphatic carbocycles. The Morgan fingerprint density at radius 3 is 2.95 bits per heavy atom. The first-order chi connectivity index (χ1) is 9.13. The van der Waals surface area contributed by atoms with Crippen LogP contribution < -0.4 is 5.32 Å². The minimum absolute atomic E-state index is 0.132. The second-order valence-corrected chi connectivity index (χ2v) is 4.59. The van der Waals surface area contributed by atoms with Crippen LogP contribution in [0.2, 0.25) is 0 Å². The van der Waals surface area contributed by atoms with E-state index in [0.717, 1.165) is 17.4 Å². The molecule has 1 aromatic carbocycles. The van der Waals surface area contributed by atoms with Gasteiger partial charge in [0.2, 0.25) is 0 Å². The summed E-state index contributed by atoms with van der Waals surface area (Å²) in [6, 6.07) is 9.44. The van der Waals surface area contributed by atoms with E-state index in [1.807, 2.05) is 32.0 Å². The third-order valence-electron chi connectivity index (χ3n) is 3.06. The zero-order valence-electron chi connectivity index (χ0n) is 11.1. The number of benzene rings is 1. The van der Waals surface area contributed by atoms with Gasteiger partial charge in [0.1, 0.15) is 5.58 Å². The molecule has 98 valence electrons. The number of fused-ring (bicyclic) bond motifs is 1. The average Bonchev–Trinajstić information content (AvgIpc) is 2.81. The first-order valence-electron chi connectivity index (χ1n) is 6.32. The third-order valence-corrected chi connectivity index (χ3v) is 3.06. The summed E-state index contributed by atoms with van der Waals surface area (Å²) in [5.41, 5.74) is 1.82. The van der Waals surface area contributed by atoms with Crippen molar-refractivity contribution in [3.8, 4) is 6.07 Å². The summed E-state index contributed by atoms with van der Waals surface area (Å²) in [7, 11) is 0. The lowest BCUT2D eigenvalue weighted by atomic mass is 10.1. The lowest BCUT2D eigenvalue weighted by Crippen LogP contribution is -2.33. The van der Waals surface area contributed by atoms with E-state index < -0.39 is 0 Å². The van der Waals surface area contributed by atoms with E-state index in [1.165, 1.54) is 0 Å². The molecule has 0 aliphatic rings. The van der Waals surface area contributed by atoms with E-state index in [-0.39, 0.29) is 17.7 Å². The van der Waals surface area contributed by atoms with Crippen molar-refractivity contribution in [3.05, 3.63) is 35.6 Å². The number of hydrogen-bond donors (Lipinski definition) is 1. The van der Waals surface area contributed by atoms with E-state index in [9.17, 15) is 4.79 Å². The number of amides is 1. The zero-order chi connectivity index (χ0) is 13.8. The molecule has 0 radical (unpaired) electrons. The molecule has 0 saturated carbocycles. The summed E-state index contributed by atoms with van der Waals surface area (Å²) in [6.45, 7) is 3.93. The molecule has 0 spiro atoms. The Morgan fingerprint density at radius 2 is 2.26 bits per heavy atom. The molecule has 2 aromatic rings. The number of rotatable bonds is 4. The number of furan rings is 1. The van der Waals surface area contributed by atoms with E-state index in [2.05, 4.69) is 11.4 Å². The Balaban J connectivity index is 2.19. The van der Waals surface area contributed by atoms with Crippen molar-refractivity contribution in [2.45, 2.75) is 32.7 Å². The van der Waals surface area contributed by atoms with Crippen molar-refractivity contribution in [2.24, 2.45) is 0 Å². The summed E-state index contributed by atoms with van der Waals surface area (Å²) in [6.07, 6.45) is 1.03. The van der Waals surface area contributed by atoms with Crippen molar-refractivity contribution in [1.29, 1.82) is 5.26 Å². The summed E-state index contributed by atoms with van der Waals surface area (Å²) in [4.78, 5) is 12.0. The Hall–Kier alpha value is -2.28. The van der Waals surface area contributed by atoms with Crippen LogP contribution in [0.1, 0.15) is 35.9 Å². The normalized spacial score (nSPS) is 12.1. The molecule has 2 rings (SSSR count). The number of carbonyl (C=O) groups excluding carboxylic acids is 1. The molecule has 0 aliphatic heterocycles. The lowest BCUT2D eigenvalue weighted by molar-refractivity contribution is 0.0911. The van der Waals surface area contributed by atoms with Gasteiger partial charge < -0.3 is 9.73 Å². The number of hydrogen-bond acceptors (Lipinski definition) is 3. The molecule has 0 bridgehead atoms. The maximum absolute atomic E-state index is 12.0. The van der Waals surface area contributed by atoms with E-state index in [1.54, 1.807) is 6.07 Å². The van der Waals surface area contributed by atoms with Crippen LogP contribution in [0.15, 0.2) is 28.7 Å². The molecular formula is C15H16N2O2. The van der Waals surface area contributed by atoms with Gasteiger partial charge in [0, 0.05) is 11.4 Å². The van der Waals surface area contributed by atoms with Gasteiger partial charge >= 0.3 is 0 Å². The molecule has 1 heterocycles. The third kappa shape index (κ3) is 2.94. The van der Waals surface area contributed by atoms with E-state index in [0.29, 0.717) is 12.0 Å². The maximum atomic E-state index is 12.0. The minimum Gasteiger partial charge on any atom is -0.451 e. The molecule has 4 nitrogen and oxygen atoms in total. The fourth-order valence-electron chi connectivity index (χ4n) is 1.94. The Kier molecular flexibility index (Phi) is 3.86. The van der Waals surface area contributed by atoms with Gasteiger partial charge in [-0.15, -0.1) is 0 Å². The van der Waals surface area contributed by atoms with Gasteiger partial charge in [0.15, 0.2) is 5.76 Å². The van der Waals surface area contributed by atoms with Gasteiger partial charge in [-0.25, -0.2) is 0 Å². The quantitative estimate of drug-likeness (QED) is 0.913. The monoisotopic (exact) mass is 256 g/mol. The van der Waals surface area contributed by atoms with Crippen LogP contribution in [0, 0.1) is 18.3 Å². The SMILES string of the molecule is CCC(CC#N)NC(=O)c1cc2cc(C)ccc2o1. The molecule has 1 unspecified atom stereocenters. The maximum Gasteiger partial charge on any atom is 0.287 e.